The number of hydrogen-bond acceptors (Lipinski definition) is 3. The van der Waals surface area contributed by atoms with Crippen LogP contribution in [-0.2, 0) is 11.3 Å². The van der Waals surface area contributed by atoms with Crippen LogP contribution >= 0.6 is 0 Å². The van der Waals surface area contributed by atoms with E-state index in [0.29, 0.717) is 13.1 Å². The van der Waals surface area contributed by atoms with Gasteiger partial charge in [0.05, 0.1) is 11.4 Å². The maximum Gasteiger partial charge on any atom is 0.324 e. The van der Waals surface area contributed by atoms with Crippen LogP contribution in [-0.4, -0.2) is 28.4 Å². The Hall–Kier alpha value is -2.43. The molecule has 3 rings (SSSR count). The summed E-state index contributed by atoms with van der Waals surface area (Å²) in [5.74, 6) is -0.391. The number of nitrogens with one attached hydrogen (secondary N) is 1. The van der Waals surface area contributed by atoms with Gasteiger partial charge in [0, 0.05) is 24.7 Å². The SMILES string of the molecule is CC1CN(Cc2cccc3cccnc23)C(=O)NC1=O. The first-order chi connectivity index (χ1) is 9.65. The van der Waals surface area contributed by atoms with E-state index in [1.165, 1.54) is 0 Å². The van der Waals surface area contributed by atoms with Crippen molar-refractivity contribution in [1.82, 2.24) is 15.2 Å². The molecule has 1 unspecified atom stereocenters. The number of aromatic nitrogens is 1. The van der Waals surface area contributed by atoms with Crippen LogP contribution < -0.4 is 5.32 Å². The number of carbonyl (C=O) groups is 2. The first-order valence-corrected chi connectivity index (χ1v) is 6.57. The molecule has 1 atom stereocenters. The predicted molar refractivity (Wildman–Crippen MR) is 74.9 cm³/mol. The van der Waals surface area contributed by atoms with Crippen LogP contribution in [0.5, 0.6) is 0 Å². The number of pyridine rings is 1. The van der Waals surface area contributed by atoms with Gasteiger partial charge in [-0.1, -0.05) is 31.2 Å². The molecule has 0 radical (unpaired) electrons. The Balaban J connectivity index is 1.90. The second-order valence-electron chi connectivity index (χ2n) is 5.07. The topological polar surface area (TPSA) is 62.3 Å². The van der Waals surface area contributed by atoms with Gasteiger partial charge in [0.25, 0.3) is 0 Å². The van der Waals surface area contributed by atoms with Crippen molar-refractivity contribution >= 4 is 22.8 Å². The molecule has 1 aliphatic rings. The van der Waals surface area contributed by atoms with E-state index in [1.807, 2.05) is 37.3 Å². The highest BCUT2D eigenvalue weighted by Gasteiger charge is 2.29. The molecular weight excluding hydrogens is 254 g/mol. The van der Waals surface area contributed by atoms with E-state index in [1.54, 1.807) is 11.1 Å². The quantitative estimate of drug-likeness (QED) is 0.906. The average Bonchev–Trinajstić information content (AvgIpc) is 2.45. The minimum absolute atomic E-state index is 0.185. The maximum atomic E-state index is 11.9. The monoisotopic (exact) mass is 269 g/mol. The van der Waals surface area contributed by atoms with E-state index >= 15 is 0 Å². The molecular formula is C15H15N3O2. The molecule has 1 aromatic carbocycles. The van der Waals surface area contributed by atoms with Crippen molar-refractivity contribution in [2.45, 2.75) is 13.5 Å². The standard InChI is InChI=1S/C15H15N3O2/c1-10-8-18(15(20)17-14(10)19)9-12-5-2-4-11-6-3-7-16-13(11)12/h2-7,10H,8-9H2,1H3,(H,17,19,20). The van der Waals surface area contributed by atoms with Crippen molar-refractivity contribution in [3.05, 3.63) is 42.1 Å². The van der Waals surface area contributed by atoms with Crippen LogP contribution in [0.1, 0.15) is 12.5 Å². The van der Waals surface area contributed by atoms with Crippen LogP contribution in [0.3, 0.4) is 0 Å². The Kier molecular flexibility index (Phi) is 3.10. The van der Waals surface area contributed by atoms with E-state index in [0.717, 1.165) is 16.5 Å². The number of urea groups is 1. The number of amides is 3. The Bertz CT molecular complexity index is 678. The van der Waals surface area contributed by atoms with Crippen LogP contribution in [0, 0.1) is 5.92 Å². The van der Waals surface area contributed by atoms with Gasteiger partial charge in [0.15, 0.2) is 0 Å². The Morgan fingerprint density at radius 1 is 1.30 bits per heavy atom. The van der Waals surface area contributed by atoms with Crippen molar-refractivity contribution in [3.63, 3.8) is 0 Å². The van der Waals surface area contributed by atoms with Gasteiger partial charge in [-0.05, 0) is 11.6 Å². The Labute approximate surface area is 116 Å². The first kappa shape index (κ1) is 12.6. The van der Waals surface area contributed by atoms with Crippen molar-refractivity contribution in [2.75, 3.05) is 6.54 Å². The Morgan fingerprint density at radius 3 is 2.95 bits per heavy atom. The number of para-hydroxylation sites is 1. The Morgan fingerprint density at radius 2 is 2.10 bits per heavy atom. The van der Waals surface area contributed by atoms with E-state index in [9.17, 15) is 9.59 Å². The number of benzene rings is 1. The minimum Gasteiger partial charge on any atom is -0.319 e. The number of hydrogen-bond donors (Lipinski definition) is 1. The third-order valence-electron chi connectivity index (χ3n) is 3.54. The fraction of sp³-hybridized carbons (Fsp3) is 0.267. The van der Waals surface area contributed by atoms with Gasteiger partial charge in [-0.15, -0.1) is 0 Å². The minimum atomic E-state index is -0.332. The van der Waals surface area contributed by atoms with Gasteiger partial charge >= 0.3 is 6.03 Å². The van der Waals surface area contributed by atoms with Gasteiger partial charge in [-0.25, -0.2) is 4.79 Å². The van der Waals surface area contributed by atoms with Crippen molar-refractivity contribution in [1.29, 1.82) is 0 Å². The number of carbonyl (C=O) groups excluding carboxylic acids is 2. The van der Waals surface area contributed by atoms with Crippen molar-refractivity contribution < 1.29 is 9.59 Å². The lowest BCUT2D eigenvalue weighted by molar-refractivity contribution is -0.125. The van der Waals surface area contributed by atoms with Crippen LogP contribution in [0.2, 0.25) is 0 Å². The molecule has 102 valence electrons. The van der Waals surface area contributed by atoms with Crippen LogP contribution in [0.15, 0.2) is 36.5 Å². The average molecular weight is 269 g/mol. The molecule has 1 saturated heterocycles. The molecule has 3 amide bonds. The highest BCUT2D eigenvalue weighted by molar-refractivity contribution is 5.97. The maximum absolute atomic E-state index is 11.9. The summed E-state index contributed by atoms with van der Waals surface area (Å²) in [7, 11) is 0. The smallest absolute Gasteiger partial charge is 0.319 e. The summed E-state index contributed by atoms with van der Waals surface area (Å²) in [4.78, 5) is 29.3. The largest absolute Gasteiger partial charge is 0.324 e. The lowest BCUT2D eigenvalue weighted by Gasteiger charge is -2.30. The molecule has 0 bridgehead atoms. The van der Waals surface area contributed by atoms with Gasteiger partial charge in [0.2, 0.25) is 5.91 Å². The van der Waals surface area contributed by atoms with Crippen LogP contribution in [0.4, 0.5) is 4.79 Å². The second-order valence-corrected chi connectivity index (χ2v) is 5.07. The molecule has 5 nitrogen and oxygen atoms in total. The summed E-state index contributed by atoms with van der Waals surface area (Å²) < 4.78 is 0. The summed E-state index contributed by atoms with van der Waals surface area (Å²) in [6, 6.07) is 9.46. The highest BCUT2D eigenvalue weighted by Crippen LogP contribution is 2.19. The lowest BCUT2D eigenvalue weighted by atomic mass is 10.1. The molecule has 0 saturated carbocycles. The lowest BCUT2D eigenvalue weighted by Crippen LogP contribution is -2.53. The van der Waals surface area contributed by atoms with Crippen molar-refractivity contribution in [3.8, 4) is 0 Å². The first-order valence-electron chi connectivity index (χ1n) is 6.57. The second kappa shape index (κ2) is 4.92. The molecule has 20 heavy (non-hydrogen) atoms. The summed E-state index contributed by atoms with van der Waals surface area (Å²) >= 11 is 0. The number of fused-ring (bicyclic) bond motifs is 1. The fourth-order valence-corrected chi connectivity index (χ4v) is 2.44. The summed E-state index contributed by atoms with van der Waals surface area (Å²) in [6.45, 7) is 2.71. The third-order valence-corrected chi connectivity index (χ3v) is 3.54. The molecule has 1 fully saturated rings. The fourth-order valence-electron chi connectivity index (χ4n) is 2.44. The van der Waals surface area contributed by atoms with Crippen LogP contribution in [0.25, 0.3) is 10.9 Å². The molecule has 2 heterocycles. The molecule has 5 heteroatoms. The molecule has 2 aromatic rings. The van der Waals surface area contributed by atoms with E-state index in [2.05, 4.69) is 10.3 Å². The number of imide groups is 1. The van der Waals surface area contributed by atoms with Crippen molar-refractivity contribution in [2.24, 2.45) is 5.92 Å². The molecule has 1 aliphatic heterocycles. The number of rotatable bonds is 2. The third kappa shape index (κ3) is 2.22. The normalized spacial score (nSPS) is 19.2. The predicted octanol–water partition coefficient (Wildman–Crippen LogP) is 1.92. The summed E-state index contributed by atoms with van der Waals surface area (Å²) in [6.07, 6.45) is 1.74. The van der Waals surface area contributed by atoms with E-state index < -0.39 is 0 Å². The van der Waals surface area contributed by atoms with Gasteiger partial charge in [-0.2, -0.15) is 0 Å². The van der Waals surface area contributed by atoms with Gasteiger partial charge in [0.1, 0.15) is 0 Å². The summed E-state index contributed by atoms with van der Waals surface area (Å²) in [5, 5.41) is 3.42. The zero-order chi connectivity index (χ0) is 14.1. The molecule has 1 N–H and O–H groups in total. The summed E-state index contributed by atoms with van der Waals surface area (Å²) in [5.41, 5.74) is 1.88. The van der Waals surface area contributed by atoms with E-state index in [4.69, 9.17) is 0 Å². The zero-order valence-electron chi connectivity index (χ0n) is 11.2. The number of nitrogens with zero attached hydrogens (tertiary/aromatic N) is 2. The van der Waals surface area contributed by atoms with E-state index in [-0.39, 0.29) is 17.9 Å². The van der Waals surface area contributed by atoms with Gasteiger partial charge < -0.3 is 4.90 Å². The zero-order valence-corrected chi connectivity index (χ0v) is 11.2. The molecule has 1 aromatic heterocycles. The molecule has 0 spiro atoms. The molecule has 0 aliphatic carbocycles. The highest BCUT2D eigenvalue weighted by atomic mass is 16.2. The van der Waals surface area contributed by atoms with Gasteiger partial charge in [-0.3, -0.25) is 15.1 Å².